The summed E-state index contributed by atoms with van der Waals surface area (Å²) < 4.78 is 27.3. The maximum atomic E-state index is 12.9. The molecule has 1 heterocycles. The van der Waals surface area contributed by atoms with E-state index in [1.807, 2.05) is 54.7 Å². The zero-order valence-electron chi connectivity index (χ0n) is 18.7. The van der Waals surface area contributed by atoms with Crippen LogP contribution in [-0.2, 0) is 21.2 Å². The summed E-state index contributed by atoms with van der Waals surface area (Å²) in [6, 6.07) is 14.6. The highest BCUT2D eigenvalue weighted by molar-refractivity contribution is 7.89. The molecule has 3 aromatic rings. The van der Waals surface area contributed by atoms with E-state index in [2.05, 4.69) is 10.3 Å². The minimum Gasteiger partial charge on any atom is -0.376 e. The zero-order valence-corrected chi connectivity index (χ0v) is 20.3. The number of carbonyl (C=O) groups excluding carboxylic acids is 1. The van der Waals surface area contributed by atoms with Gasteiger partial charge in [0, 0.05) is 38.1 Å². The molecule has 1 aromatic heterocycles. The molecule has 0 aliphatic heterocycles. The van der Waals surface area contributed by atoms with E-state index in [-0.39, 0.29) is 17.2 Å². The molecule has 32 heavy (non-hydrogen) atoms. The minimum atomic E-state index is -3.64. The second-order valence-electron chi connectivity index (χ2n) is 7.40. The topological polar surface area (TPSA) is 82.6 Å². The Kier molecular flexibility index (Phi) is 7.65. The standard InChI is InChI=1S/C23H28N4O3S2/c1-5-27(6-2)32(29,30)19-12-13-21(26(3)4)20(15-19)25-22(28)14-18-16-31-23(24-18)17-10-8-7-9-11-17/h7-13,15-16H,5-6,14H2,1-4H3,(H,25,28). The number of sulfonamides is 1. The second-order valence-corrected chi connectivity index (χ2v) is 10.2. The molecular formula is C23H28N4O3S2. The highest BCUT2D eigenvalue weighted by Crippen LogP contribution is 2.29. The fourth-order valence-corrected chi connectivity index (χ4v) is 5.65. The van der Waals surface area contributed by atoms with Gasteiger partial charge in [-0.1, -0.05) is 44.2 Å². The van der Waals surface area contributed by atoms with Crippen molar-refractivity contribution in [3.63, 3.8) is 0 Å². The third-order valence-corrected chi connectivity index (χ3v) is 7.97. The number of thiazole rings is 1. The van der Waals surface area contributed by atoms with Crippen molar-refractivity contribution in [3.8, 4) is 10.6 Å². The average molecular weight is 473 g/mol. The first-order chi connectivity index (χ1) is 15.3. The van der Waals surface area contributed by atoms with Crippen LogP contribution in [0.3, 0.4) is 0 Å². The number of carbonyl (C=O) groups is 1. The molecule has 0 fully saturated rings. The van der Waals surface area contributed by atoms with Crippen LogP contribution in [-0.4, -0.2) is 50.8 Å². The van der Waals surface area contributed by atoms with E-state index in [4.69, 9.17) is 0 Å². The third-order valence-electron chi connectivity index (χ3n) is 4.98. The number of aromatic nitrogens is 1. The van der Waals surface area contributed by atoms with Crippen LogP contribution in [0, 0.1) is 0 Å². The summed E-state index contributed by atoms with van der Waals surface area (Å²) in [6.07, 6.45) is 0.100. The van der Waals surface area contributed by atoms with Gasteiger partial charge in [0.1, 0.15) is 5.01 Å². The van der Waals surface area contributed by atoms with Gasteiger partial charge < -0.3 is 10.2 Å². The van der Waals surface area contributed by atoms with Crippen LogP contribution in [0.4, 0.5) is 11.4 Å². The van der Waals surface area contributed by atoms with E-state index < -0.39 is 10.0 Å². The number of amides is 1. The van der Waals surface area contributed by atoms with Gasteiger partial charge in [-0.3, -0.25) is 4.79 Å². The lowest BCUT2D eigenvalue weighted by Gasteiger charge is -2.22. The normalized spacial score (nSPS) is 11.5. The van der Waals surface area contributed by atoms with Gasteiger partial charge >= 0.3 is 0 Å². The van der Waals surface area contributed by atoms with Crippen molar-refractivity contribution in [2.75, 3.05) is 37.4 Å². The summed E-state index contributed by atoms with van der Waals surface area (Å²) in [6.45, 7) is 4.36. The Labute approximate surface area is 193 Å². The van der Waals surface area contributed by atoms with E-state index in [1.165, 1.54) is 21.7 Å². The molecule has 0 unspecified atom stereocenters. The summed E-state index contributed by atoms with van der Waals surface area (Å²) in [4.78, 5) is 19.3. The highest BCUT2D eigenvalue weighted by atomic mass is 32.2. The SMILES string of the molecule is CCN(CC)S(=O)(=O)c1ccc(N(C)C)c(NC(=O)Cc2csc(-c3ccccc3)n2)c1. The molecule has 0 saturated heterocycles. The first kappa shape index (κ1) is 23.9. The van der Waals surface area contributed by atoms with Gasteiger partial charge in [-0.15, -0.1) is 11.3 Å². The van der Waals surface area contributed by atoms with Crippen LogP contribution in [0.1, 0.15) is 19.5 Å². The van der Waals surface area contributed by atoms with E-state index in [0.717, 1.165) is 16.3 Å². The highest BCUT2D eigenvalue weighted by Gasteiger charge is 2.23. The van der Waals surface area contributed by atoms with E-state index in [1.54, 1.807) is 26.0 Å². The predicted molar refractivity (Wildman–Crippen MR) is 131 cm³/mol. The van der Waals surface area contributed by atoms with Gasteiger partial charge in [-0.25, -0.2) is 13.4 Å². The summed E-state index contributed by atoms with van der Waals surface area (Å²) in [5.41, 5.74) is 2.85. The molecule has 0 aliphatic carbocycles. The second kappa shape index (κ2) is 10.2. The fourth-order valence-electron chi connectivity index (χ4n) is 3.34. The Hall–Kier alpha value is -2.75. The largest absolute Gasteiger partial charge is 0.376 e. The Bertz CT molecular complexity index is 1170. The summed E-state index contributed by atoms with van der Waals surface area (Å²) >= 11 is 1.49. The first-order valence-electron chi connectivity index (χ1n) is 10.4. The van der Waals surface area contributed by atoms with Crippen molar-refractivity contribution in [1.82, 2.24) is 9.29 Å². The van der Waals surface area contributed by atoms with Crippen LogP contribution < -0.4 is 10.2 Å². The molecule has 0 saturated carbocycles. The number of anilines is 2. The van der Waals surface area contributed by atoms with Crippen LogP contribution >= 0.6 is 11.3 Å². The number of nitrogens with zero attached hydrogens (tertiary/aromatic N) is 3. The molecule has 1 N–H and O–H groups in total. The predicted octanol–water partition coefficient (Wildman–Crippen LogP) is 4.09. The number of hydrogen-bond donors (Lipinski definition) is 1. The van der Waals surface area contributed by atoms with Crippen molar-refractivity contribution in [1.29, 1.82) is 0 Å². The maximum absolute atomic E-state index is 12.9. The maximum Gasteiger partial charge on any atom is 0.243 e. The molecule has 0 aliphatic rings. The quantitative estimate of drug-likeness (QED) is 0.507. The molecule has 0 radical (unpaired) electrons. The van der Waals surface area contributed by atoms with Crippen molar-refractivity contribution >= 4 is 38.6 Å². The molecule has 0 atom stereocenters. The van der Waals surface area contributed by atoms with Crippen molar-refractivity contribution in [2.45, 2.75) is 25.2 Å². The van der Waals surface area contributed by atoms with Crippen molar-refractivity contribution in [3.05, 3.63) is 59.6 Å². The van der Waals surface area contributed by atoms with Crippen LogP contribution in [0.2, 0.25) is 0 Å². The molecule has 9 heteroatoms. The Morgan fingerprint density at radius 1 is 1.06 bits per heavy atom. The molecule has 7 nitrogen and oxygen atoms in total. The van der Waals surface area contributed by atoms with E-state index >= 15 is 0 Å². The lowest BCUT2D eigenvalue weighted by atomic mass is 10.2. The third kappa shape index (κ3) is 5.35. The van der Waals surface area contributed by atoms with E-state index in [9.17, 15) is 13.2 Å². The zero-order chi connectivity index (χ0) is 23.3. The Balaban J connectivity index is 1.82. The Morgan fingerprint density at radius 3 is 2.38 bits per heavy atom. The van der Waals surface area contributed by atoms with Gasteiger partial charge in [0.2, 0.25) is 15.9 Å². The molecule has 1 amide bonds. The van der Waals surface area contributed by atoms with Crippen LogP contribution in [0.5, 0.6) is 0 Å². The fraction of sp³-hybridized carbons (Fsp3) is 0.304. The molecule has 2 aromatic carbocycles. The molecular weight excluding hydrogens is 444 g/mol. The van der Waals surface area contributed by atoms with Crippen molar-refractivity contribution in [2.24, 2.45) is 0 Å². The smallest absolute Gasteiger partial charge is 0.243 e. The van der Waals surface area contributed by atoms with E-state index in [0.29, 0.717) is 24.5 Å². The molecule has 3 rings (SSSR count). The Morgan fingerprint density at radius 2 is 1.75 bits per heavy atom. The van der Waals surface area contributed by atoms with Gasteiger partial charge in [0.05, 0.1) is 28.4 Å². The lowest BCUT2D eigenvalue weighted by Crippen LogP contribution is -2.30. The monoisotopic (exact) mass is 472 g/mol. The molecule has 0 bridgehead atoms. The van der Waals surface area contributed by atoms with Crippen LogP contribution in [0.15, 0.2) is 58.8 Å². The molecule has 0 spiro atoms. The van der Waals surface area contributed by atoms with Gasteiger partial charge in [-0.2, -0.15) is 4.31 Å². The number of hydrogen-bond acceptors (Lipinski definition) is 6. The minimum absolute atomic E-state index is 0.100. The van der Waals surface area contributed by atoms with Gasteiger partial charge in [-0.05, 0) is 18.2 Å². The lowest BCUT2D eigenvalue weighted by molar-refractivity contribution is -0.115. The first-order valence-corrected chi connectivity index (χ1v) is 12.7. The van der Waals surface area contributed by atoms with Crippen LogP contribution in [0.25, 0.3) is 10.6 Å². The molecule has 170 valence electrons. The summed E-state index contributed by atoms with van der Waals surface area (Å²) in [5, 5.41) is 5.61. The van der Waals surface area contributed by atoms with Gasteiger partial charge in [0.25, 0.3) is 0 Å². The summed E-state index contributed by atoms with van der Waals surface area (Å²) in [7, 11) is 0.0514. The summed E-state index contributed by atoms with van der Waals surface area (Å²) in [5.74, 6) is -0.254. The number of rotatable bonds is 9. The van der Waals surface area contributed by atoms with Gasteiger partial charge in [0.15, 0.2) is 0 Å². The van der Waals surface area contributed by atoms with Crippen molar-refractivity contribution < 1.29 is 13.2 Å². The average Bonchev–Trinajstić information content (AvgIpc) is 3.23. The number of benzene rings is 2. The number of nitrogens with one attached hydrogen (secondary N) is 1.